The van der Waals surface area contributed by atoms with Crippen LogP contribution in [-0.4, -0.2) is 19.7 Å². The van der Waals surface area contributed by atoms with Gasteiger partial charge in [0, 0.05) is 6.04 Å². The molecule has 0 spiro atoms. The molecule has 1 N–H and O–H groups in total. The minimum absolute atomic E-state index is 0.218. The number of ether oxygens (including phenoxy) is 1. The Hall–Kier alpha value is -1.09. The lowest BCUT2D eigenvalue weighted by molar-refractivity contribution is 0.379. The van der Waals surface area contributed by atoms with E-state index in [1.54, 1.807) is 6.07 Å². The normalized spacial score (nSPS) is 12.7. The lowest BCUT2D eigenvalue weighted by Gasteiger charge is -2.20. The third-order valence-electron chi connectivity index (χ3n) is 3.27. The Bertz CT molecular complexity index is 379. The molecule has 1 atom stereocenters. The highest BCUT2D eigenvalue weighted by Gasteiger charge is 2.13. The van der Waals surface area contributed by atoms with E-state index in [1.165, 1.54) is 7.11 Å². The minimum atomic E-state index is -0.218. The van der Waals surface area contributed by atoms with Crippen LogP contribution in [0.15, 0.2) is 18.2 Å². The van der Waals surface area contributed by atoms with Crippen LogP contribution in [0.5, 0.6) is 5.75 Å². The summed E-state index contributed by atoms with van der Waals surface area (Å²) in [5, 5.41) is 3.48. The van der Waals surface area contributed by atoms with Gasteiger partial charge in [-0.3, -0.25) is 0 Å². The Morgan fingerprint density at radius 1 is 1.32 bits per heavy atom. The van der Waals surface area contributed by atoms with Crippen molar-refractivity contribution in [3.63, 3.8) is 0 Å². The summed E-state index contributed by atoms with van der Waals surface area (Å²) in [6, 6.07) is 5.81. The quantitative estimate of drug-likeness (QED) is 0.773. The number of benzene rings is 1. The highest BCUT2D eigenvalue weighted by atomic mass is 19.1. The highest BCUT2D eigenvalue weighted by molar-refractivity contribution is 5.31. The summed E-state index contributed by atoms with van der Waals surface area (Å²) in [5.41, 5.74) is 0.742. The molecule has 0 aliphatic heterocycles. The van der Waals surface area contributed by atoms with Crippen molar-refractivity contribution in [2.24, 2.45) is 5.92 Å². The van der Waals surface area contributed by atoms with Crippen molar-refractivity contribution >= 4 is 0 Å². The SMILES string of the molecule is CCNC(CCc1cccc(OC)c1F)CC(C)C. The molecular formula is C16H26FNO. The second kappa shape index (κ2) is 8.16. The molecule has 1 aromatic carbocycles. The zero-order valence-electron chi connectivity index (χ0n) is 12.5. The lowest BCUT2D eigenvalue weighted by atomic mass is 9.97. The standard InChI is InChI=1S/C16H26FNO/c1-5-18-14(11-12(2)3)10-9-13-7-6-8-15(19-4)16(13)17/h6-8,12,14,18H,5,9-11H2,1-4H3. The summed E-state index contributed by atoms with van der Waals surface area (Å²) in [6.07, 6.45) is 2.82. The largest absolute Gasteiger partial charge is 0.494 e. The van der Waals surface area contributed by atoms with Gasteiger partial charge in [0.15, 0.2) is 11.6 Å². The average Bonchev–Trinajstić information content (AvgIpc) is 2.37. The van der Waals surface area contributed by atoms with Crippen molar-refractivity contribution in [2.75, 3.05) is 13.7 Å². The molecule has 0 radical (unpaired) electrons. The zero-order valence-corrected chi connectivity index (χ0v) is 12.5. The van der Waals surface area contributed by atoms with Crippen molar-refractivity contribution in [3.05, 3.63) is 29.6 Å². The first-order chi connectivity index (χ1) is 9.08. The Morgan fingerprint density at radius 2 is 2.05 bits per heavy atom. The molecule has 0 saturated heterocycles. The summed E-state index contributed by atoms with van der Waals surface area (Å²) >= 11 is 0. The van der Waals surface area contributed by atoms with Gasteiger partial charge in [-0.05, 0) is 43.4 Å². The van der Waals surface area contributed by atoms with Gasteiger partial charge in [-0.25, -0.2) is 4.39 Å². The molecule has 1 rings (SSSR count). The average molecular weight is 267 g/mol. The van der Waals surface area contributed by atoms with Crippen LogP contribution < -0.4 is 10.1 Å². The predicted octanol–water partition coefficient (Wildman–Crippen LogP) is 3.79. The van der Waals surface area contributed by atoms with Crippen LogP contribution in [0.25, 0.3) is 0 Å². The summed E-state index contributed by atoms with van der Waals surface area (Å²) in [5.74, 6) is 0.769. The number of methoxy groups -OCH3 is 1. The number of aryl methyl sites for hydroxylation is 1. The molecular weight excluding hydrogens is 241 g/mol. The number of hydrogen-bond acceptors (Lipinski definition) is 2. The topological polar surface area (TPSA) is 21.3 Å². The van der Waals surface area contributed by atoms with E-state index >= 15 is 0 Å². The molecule has 0 aliphatic rings. The molecule has 0 bridgehead atoms. The first-order valence-corrected chi connectivity index (χ1v) is 7.13. The van der Waals surface area contributed by atoms with Gasteiger partial charge >= 0.3 is 0 Å². The van der Waals surface area contributed by atoms with Crippen molar-refractivity contribution in [3.8, 4) is 5.75 Å². The van der Waals surface area contributed by atoms with Gasteiger partial charge in [0.05, 0.1) is 7.11 Å². The summed E-state index contributed by atoms with van der Waals surface area (Å²) in [4.78, 5) is 0. The molecule has 0 heterocycles. The van der Waals surface area contributed by atoms with Crippen LogP contribution in [0.4, 0.5) is 4.39 Å². The van der Waals surface area contributed by atoms with Crippen molar-refractivity contribution in [1.82, 2.24) is 5.32 Å². The van der Waals surface area contributed by atoms with Crippen molar-refractivity contribution < 1.29 is 9.13 Å². The zero-order chi connectivity index (χ0) is 14.3. The monoisotopic (exact) mass is 267 g/mol. The van der Waals surface area contributed by atoms with E-state index in [0.29, 0.717) is 17.7 Å². The molecule has 0 aromatic heterocycles. The van der Waals surface area contributed by atoms with Crippen LogP contribution in [0.3, 0.4) is 0 Å². The Labute approximate surface area is 116 Å². The molecule has 1 aromatic rings. The first kappa shape index (κ1) is 16.0. The molecule has 2 nitrogen and oxygen atoms in total. The maximum absolute atomic E-state index is 14.0. The van der Waals surface area contributed by atoms with E-state index in [2.05, 4.69) is 26.1 Å². The van der Waals surface area contributed by atoms with Crippen molar-refractivity contribution in [2.45, 2.75) is 46.1 Å². The lowest BCUT2D eigenvalue weighted by Crippen LogP contribution is -2.30. The van der Waals surface area contributed by atoms with E-state index in [9.17, 15) is 4.39 Å². The Kier molecular flexibility index (Phi) is 6.85. The van der Waals surface area contributed by atoms with Crippen molar-refractivity contribution in [1.29, 1.82) is 0 Å². The molecule has 0 fully saturated rings. The summed E-state index contributed by atoms with van der Waals surface area (Å²) in [7, 11) is 1.50. The Morgan fingerprint density at radius 3 is 2.63 bits per heavy atom. The van der Waals surface area contributed by atoms with Crippen LogP contribution in [-0.2, 0) is 6.42 Å². The minimum Gasteiger partial charge on any atom is -0.494 e. The van der Waals surface area contributed by atoms with E-state index in [0.717, 1.165) is 31.4 Å². The van der Waals surface area contributed by atoms with Gasteiger partial charge in [0.2, 0.25) is 0 Å². The van der Waals surface area contributed by atoms with Crippen LogP contribution in [0.2, 0.25) is 0 Å². The summed E-state index contributed by atoms with van der Waals surface area (Å²) in [6.45, 7) is 7.50. The second-order valence-electron chi connectivity index (χ2n) is 5.36. The molecule has 0 aliphatic carbocycles. The van der Waals surface area contributed by atoms with Crippen LogP contribution >= 0.6 is 0 Å². The van der Waals surface area contributed by atoms with Crippen LogP contribution in [0.1, 0.15) is 39.2 Å². The van der Waals surface area contributed by atoms with E-state index in [-0.39, 0.29) is 5.82 Å². The maximum atomic E-state index is 14.0. The smallest absolute Gasteiger partial charge is 0.168 e. The third kappa shape index (κ3) is 5.19. The highest BCUT2D eigenvalue weighted by Crippen LogP contribution is 2.22. The fraction of sp³-hybridized carbons (Fsp3) is 0.625. The van der Waals surface area contributed by atoms with Gasteiger partial charge in [-0.2, -0.15) is 0 Å². The van der Waals surface area contributed by atoms with E-state index in [4.69, 9.17) is 4.74 Å². The second-order valence-corrected chi connectivity index (χ2v) is 5.36. The van der Waals surface area contributed by atoms with E-state index < -0.39 is 0 Å². The van der Waals surface area contributed by atoms with Crippen LogP contribution in [0, 0.1) is 11.7 Å². The molecule has 3 heteroatoms. The number of hydrogen-bond donors (Lipinski definition) is 1. The van der Waals surface area contributed by atoms with Gasteiger partial charge in [-0.1, -0.05) is 32.9 Å². The molecule has 0 saturated carbocycles. The Balaban J connectivity index is 2.63. The third-order valence-corrected chi connectivity index (χ3v) is 3.27. The predicted molar refractivity (Wildman–Crippen MR) is 78.2 cm³/mol. The first-order valence-electron chi connectivity index (χ1n) is 7.13. The van der Waals surface area contributed by atoms with E-state index in [1.807, 2.05) is 12.1 Å². The van der Waals surface area contributed by atoms with Gasteiger partial charge in [0.25, 0.3) is 0 Å². The summed E-state index contributed by atoms with van der Waals surface area (Å²) < 4.78 is 19.0. The molecule has 1 unspecified atom stereocenters. The number of halogens is 1. The number of rotatable bonds is 8. The van der Waals surface area contributed by atoms with Gasteiger partial charge < -0.3 is 10.1 Å². The fourth-order valence-corrected chi connectivity index (χ4v) is 2.40. The molecule has 108 valence electrons. The van der Waals surface area contributed by atoms with Gasteiger partial charge in [-0.15, -0.1) is 0 Å². The fourth-order valence-electron chi connectivity index (χ4n) is 2.40. The molecule has 19 heavy (non-hydrogen) atoms. The maximum Gasteiger partial charge on any atom is 0.168 e. The van der Waals surface area contributed by atoms with Gasteiger partial charge in [0.1, 0.15) is 0 Å². The number of nitrogens with one attached hydrogen (secondary N) is 1. The molecule has 0 amide bonds.